The molecular formula is C18H26N2S. The lowest BCUT2D eigenvalue weighted by Crippen LogP contribution is -2.21. The van der Waals surface area contributed by atoms with E-state index in [4.69, 9.17) is 0 Å². The molecule has 1 heterocycles. The van der Waals surface area contributed by atoms with E-state index in [1.165, 1.54) is 36.1 Å². The van der Waals surface area contributed by atoms with Crippen LogP contribution in [0.3, 0.4) is 0 Å². The Morgan fingerprint density at radius 1 is 1.19 bits per heavy atom. The average Bonchev–Trinajstić information content (AvgIpc) is 2.91. The van der Waals surface area contributed by atoms with Crippen molar-refractivity contribution in [1.82, 2.24) is 10.3 Å². The zero-order chi connectivity index (χ0) is 15.1. The van der Waals surface area contributed by atoms with Crippen LogP contribution in [0.5, 0.6) is 0 Å². The van der Waals surface area contributed by atoms with Crippen LogP contribution in [-0.4, -0.2) is 11.5 Å². The second-order valence-corrected chi connectivity index (χ2v) is 6.69. The molecule has 0 radical (unpaired) electrons. The molecule has 0 aliphatic heterocycles. The lowest BCUT2D eigenvalue weighted by Gasteiger charge is -2.14. The van der Waals surface area contributed by atoms with Crippen LogP contribution in [0.2, 0.25) is 0 Å². The summed E-state index contributed by atoms with van der Waals surface area (Å²) >= 11 is 1.73. The summed E-state index contributed by atoms with van der Waals surface area (Å²) in [6.45, 7) is 7.50. The number of aromatic nitrogens is 1. The van der Waals surface area contributed by atoms with Gasteiger partial charge in [-0.3, -0.25) is 0 Å². The maximum atomic E-state index is 4.50. The molecule has 3 heteroatoms. The number of nitrogens with zero attached hydrogens (tertiary/aromatic N) is 1. The van der Waals surface area contributed by atoms with Crippen molar-refractivity contribution in [2.75, 3.05) is 6.54 Å². The number of aryl methyl sites for hydroxylation is 2. The Labute approximate surface area is 132 Å². The van der Waals surface area contributed by atoms with E-state index in [9.17, 15) is 0 Å². The van der Waals surface area contributed by atoms with Crippen molar-refractivity contribution < 1.29 is 0 Å². The monoisotopic (exact) mass is 302 g/mol. The summed E-state index contributed by atoms with van der Waals surface area (Å²) in [5.74, 6) is 0. The van der Waals surface area contributed by atoms with Crippen LogP contribution in [0.15, 0.2) is 29.6 Å². The van der Waals surface area contributed by atoms with Gasteiger partial charge in [0.15, 0.2) is 0 Å². The van der Waals surface area contributed by atoms with E-state index in [1.807, 2.05) is 0 Å². The van der Waals surface area contributed by atoms with Gasteiger partial charge in [0.1, 0.15) is 0 Å². The van der Waals surface area contributed by atoms with Crippen LogP contribution in [-0.2, 0) is 12.8 Å². The quantitative estimate of drug-likeness (QED) is 0.765. The highest BCUT2D eigenvalue weighted by Crippen LogP contribution is 2.15. The Hall–Kier alpha value is -1.19. The minimum atomic E-state index is 0.393. The first-order valence-electron chi connectivity index (χ1n) is 7.92. The van der Waals surface area contributed by atoms with Gasteiger partial charge >= 0.3 is 0 Å². The SMILES string of the molecule is CCCCc1ccc(C(C)NCCc2csc(C)n2)cc1. The lowest BCUT2D eigenvalue weighted by molar-refractivity contribution is 0.574. The highest BCUT2D eigenvalue weighted by atomic mass is 32.1. The van der Waals surface area contributed by atoms with Gasteiger partial charge in [-0.15, -0.1) is 11.3 Å². The second-order valence-electron chi connectivity index (χ2n) is 5.63. The van der Waals surface area contributed by atoms with Gasteiger partial charge in [-0.25, -0.2) is 4.98 Å². The molecule has 1 N–H and O–H groups in total. The molecule has 0 fully saturated rings. The van der Waals surface area contributed by atoms with Crippen molar-refractivity contribution >= 4 is 11.3 Å². The molecule has 1 unspecified atom stereocenters. The molecule has 0 aliphatic rings. The van der Waals surface area contributed by atoms with Crippen LogP contribution in [0, 0.1) is 6.92 Å². The molecule has 114 valence electrons. The molecule has 0 aliphatic carbocycles. The standard InChI is InChI=1S/C18H26N2S/c1-4-5-6-16-7-9-17(10-8-16)14(2)19-12-11-18-13-21-15(3)20-18/h7-10,13-14,19H,4-6,11-12H2,1-3H3. The zero-order valence-electron chi connectivity index (χ0n) is 13.4. The first-order valence-corrected chi connectivity index (χ1v) is 8.80. The van der Waals surface area contributed by atoms with Crippen molar-refractivity contribution in [2.45, 2.75) is 52.5 Å². The van der Waals surface area contributed by atoms with E-state index in [0.717, 1.165) is 18.0 Å². The number of hydrogen-bond donors (Lipinski definition) is 1. The first-order chi connectivity index (χ1) is 10.2. The number of benzene rings is 1. The van der Waals surface area contributed by atoms with Gasteiger partial charge < -0.3 is 5.32 Å². The normalized spacial score (nSPS) is 12.5. The van der Waals surface area contributed by atoms with Crippen LogP contribution in [0.1, 0.15) is 54.6 Å². The third kappa shape index (κ3) is 5.25. The summed E-state index contributed by atoms with van der Waals surface area (Å²) in [5.41, 5.74) is 4.02. The fourth-order valence-corrected chi connectivity index (χ4v) is 3.06. The summed E-state index contributed by atoms with van der Waals surface area (Å²) in [6.07, 6.45) is 4.74. The molecule has 0 spiro atoms. The molecule has 1 aromatic carbocycles. The fourth-order valence-electron chi connectivity index (χ4n) is 2.41. The molecule has 0 saturated carbocycles. The van der Waals surface area contributed by atoms with Gasteiger partial charge in [0.25, 0.3) is 0 Å². The van der Waals surface area contributed by atoms with Crippen LogP contribution in [0.4, 0.5) is 0 Å². The van der Waals surface area contributed by atoms with Gasteiger partial charge in [0.05, 0.1) is 10.7 Å². The highest BCUT2D eigenvalue weighted by molar-refractivity contribution is 7.09. The number of rotatable bonds is 8. The highest BCUT2D eigenvalue weighted by Gasteiger charge is 2.05. The third-order valence-corrected chi connectivity index (χ3v) is 4.62. The van der Waals surface area contributed by atoms with Gasteiger partial charge in [-0.05, 0) is 37.8 Å². The molecule has 0 bridgehead atoms. The largest absolute Gasteiger partial charge is 0.310 e. The number of nitrogens with one attached hydrogen (secondary N) is 1. The number of hydrogen-bond acceptors (Lipinski definition) is 3. The average molecular weight is 302 g/mol. The second kappa shape index (κ2) is 8.30. The predicted molar refractivity (Wildman–Crippen MR) is 92.0 cm³/mol. The Morgan fingerprint density at radius 2 is 1.95 bits per heavy atom. The molecular weight excluding hydrogens is 276 g/mol. The molecule has 21 heavy (non-hydrogen) atoms. The molecule has 0 amide bonds. The molecule has 1 aromatic heterocycles. The van der Waals surface area contributed by atoms with Gasteiger partial charge in [-0.1, -0.05) is 37.6 Å². The van der Waals surface area contributed by atoms with Crippen LogP contribution < -0.4 is 5.32 Å². The smallest absolute Gasteiger partial charge is 0.0897 e. The van der Waals surface area contributed by atoms with Crippen LogP contribution >= 0.6 is 11.3 Å². The van der Waals surface area contributed by atoms with Gasteiger partial charge in [-0.2, -0.15) is 0 Å². The van der Waals surface area contributed by atoms with Crippen molar-refractivity contribution in [3.63, 3.8) is 0 Å². The minimum absolute atomic E-state index is 0.393. The zero-order valence-corrected chi connectivity index (χ0v) is 14.2. The minimum Gasteiger partial charge on any atom is -0.310 e. The Morgan fingerprint density at radius 3 is 2.57 bits per heavy atom. The van der Waals surface area contributed by atoms with Crippen molar-refractivity contribution in [3.05, 3.63) is 51.5 Å². The van der Waals surface area contributed by atoms with E-state index in [-0.39, 0.29) is 0 Å². The molecule has 1 atom stereocenters. The van der Waals surface area contributed by atoms with E-state index in [2.05, 4.69) is 60.7 Å². The maximum Gasteiger partial charge on any atom is 0.0897 e. The molecule has 2 rings (SSSR count). The van der Waals surface area contributed by atoms with Crippen LogP contribution in [0.25, 0.3) is 0 Å². The summed E-state index contributed by atoms with van der Waals surface area (Å²) < 4.78 is 0. The Balaban J connectivity index is 1.78. The van der Waals surface area contributed by atoms with Gasteiger partial charge in [0, 0.05) is 24.4 Å². The number of thiazole rings is 1. The maximum absolute atomic E-state index is 4.50. The van der Waals surface area contributed by atoms with Gasteiger partial charge in [0.2, 0.25) is 0 Å². The Kier molecular flexibility index (Phi) is 6.40. The lowest BCUT2D eigenvalue weighted by atomic mass is 10.0. The van der Waals surface area contributed by atoms with E-state index >= 15 is 0 Å². The fraction of sp³-hybridized carbons (Fsp3) is 0.500. The van der Waals surface area contributed by atoms with Crippen molar-refractivity contribution in [2.24, 2.45) is 0 Å². The first kappa shape index (κ1) is 16.2. The Bertz CT molecular complexity index is 530. The van der Waals surface area contributed by atoms with E-state index in [1.54, 1.807) is 11.3 Å². The number of unbranched alkanes of at least 4 members (excludes halogenated alkanes) is 1. The van der Waals surface area contributed by atoms with E-state index in [0.29, 0.717) is 6.04 Å². The summed E-state index contributed by atoms with van der Waals surface area (Å²) in [6, 6.07) is 9.45. The third-order valence-electron chi connectivity index (χ3n) is 3.80. The van der Waals surface area contributed by atoms with Crippen molar-refractivity contribution in [3.8, 4) is 0 Å². The summed E-state index contributed by atoms with van der Waals surface area (Å²) in [4.78, 5) is 4.50. The van der Waals surface area contributed by atoms with Crippen molar-refractivity contribution in [1.29, 1.82) is 0 Å². The molecule has 2 nitrogen and oxygen atoms in total. The van der Waals surface area contributed by atoms with E-state index < -0.39 is 0 Å². The summed E-state index contributed by atoms with van der Waals surface area (Å²) in [5, 5.41) is 6.89. The summed E-state index contributed by atoms with van der Waals surface area (Å²) in [7, 11) is 0. The molecule has 0 saturated heterocycles. The molecule has 2 aromatic rings. The predicted octanol–water partition coefficient (Wildman–Crippen LogP) is 4.69. The topological polar surface area (TPSA) is 24.9 Å².